The summed E-state index contributed by atoms with van der Waals surface area (Å²) in [4.78, 5) is -0.515. The predicted octanol–water partition coefficient (Wildman–Crippen LogP) is -2.60. The van der Waals surface area contributed by atoms with E-state index >= 15 is 0 Å². The molecule has 0 spiro atoms. The summed E-state index contributed by atoms with van der Waals surface area (Å²) in [7, 11) is -8.99. The van der Waals surface area contributed by atoms with E-state index in [0.717, 1.165) is 21.9 Å². The zero-order valence-corrected chi connectivity index (χ0v) is 22.5. The van der Waals surface area contributed by atoms with Gasteiger partial charge in [0.25, 0.3) is 0 Å². The molecule has 0 fully saturated rings. The van der Waals surface area contributed by atoms with Gasteiger partial charge in [-0.2, -0.15) is 0 Å². The Labute approximate surface area is 224 Å². The largest absolute Gasteiger partial charge is 1.00 e. The molecule has 0 radical (unpaired) electrons. The van der Waals surface area contributed by atoms with Crippen LogP contribution in [-0.4, -0.2) is 25.9 Å². The molecule has 0 aromatic heterocycles. The fourth-order valence-corrected chi connectivity index (χ4v) is 4.33. The molecule has 0 aliphatic carbocycles. The molecule has 0 N–H and O–H groups in total. The molecule has 148 valence electrons. The van der Waals surface area contributed by atoms with Gasteiger partial charge < -0.3 is 9.11 Å². The topological polar surface area (TPSA) is 114 Å². The van der Waals surface area contributed by atoms with Crippen LogP contribution in [0.5, 0.6) is 0 Å². The van der Waals surface area contributed by atoms with E-state index < -0.39 is 20.2 Å². The van der Waals surface area contributed by atoms with Crippen LogP contribution in [-0.2, 0) is 26.7 Å². The van der Waals surface area contributed by atoms with Gasteiger partial charge in [-0.25, -0.2) is 16.8 Å². The number of benzene rings is 4. The molecule has 10 heteroatoms. The van der Waals surface area contributed by atoms with Crippen LogP contribution < -0.4 is 59.1 Å². The maximum Gasteiger partial charge on any atom is 1.00 e. The normalized spacial score (nSPS) is 11.7. The van der Waals surface area contributed by atoms with Crippen molar-refractivity contribution < 1.29 is 85.1 Å². The quantitative estimate of drug-likeness (QED) is 0.238. The Morgan fingerprint density at radius 1 is 0.516 bits per heavy atom. The van der Waals surface area contributed by atoms with Crippen LogP contribution in [0.2, 0.25) is 0 Å². The Morgan fingerprint density at radius 2 is 0.839 bits per heavy atom. The maximum absolute atomic E-state index is 11.2. The van der Waals surface area contributed by atoms with Gasteiger partial charge in [-0.15, -0.1) is 0 Å². The molecule has 0 saturated heterocycles. The van der Waals surface area contributed by atoms with Crippen LogP contribution in [0.1, 0.15) is 11.1 Å². The predicted molar refractivity (Wildman–Crippen MR) is 107 cm³/mol. The second-order valence-electron chi connectivity index (χ2n) is 6.77. The van der Waals surface area contributed by atoms with Crippen LogP contribution in [0.3, 0.4) is 0 Å². The summed E-state index contributed by atoms with van der Waals surface area (Å²) >= 11 is 0. The van der Waals surface area contributed by atoms with Gasteiger partial charge >= 0.3 is 59.1 Å². The first kappa shape index (κ1) is 26.5. The van der Waals surface area contributed by atoms with Crippen LogP contribution in [0, 0.1) is 0 Å². The fraction of sp³-hybridized carbons (Fsp3) is 0.0476. The molecule has 0 saturated carbocycles. The summed E-state index contributed by atoms with van der Waals surface area (Å²) in [6.45, 7) is 0. The van der Waals surface area contributed by atoms with Gasteiger partial charge in [-0.1, -0.05) is 48.5 Å². The molecule has 4 rings (SSSR count). The average molecular weight is 472 g/mol. The van der Waals surface area contributed by atoms with Gasteiger partial charge in [-0.05, 0) is 63.4 Å². The van der Waals surface area contributed by atoms with Gasteiger partial charge in [0.15, 0.2) is 0 Å². The minimum absolute atomic E-state index is 0. The second-order valence-corrected chi connectivity index (χ2v) is 9.53. The SMILES string of the molecule is O=S(=O)([O-])c1ccc2cc(Cc3ccc4cc(S(=O)(=O)[O-])ccc4c3)ccc2c1.[Na+].[Na+]. The van der Waals surface area contributed by atoms with E-state index in [4.69, 9.17) is 0 Å². The first-order valence-electron chi connectivity index (χ1n) is 8.57. The minimum Gasteiger partial charge on any atom is -0.744 e. The number of rotatable bonds is 4. The second kappa shape index (κ2) is 10.0. The van der Waals surface area contributed by atoms with Crippen molar-refractivity contribution in [2.45, 2.75) is 16.2 Å². The number of hydrogen-bond donors (Lipinski definition) is 0. The molecular weight excluding hydrogens is 458 g/mol. The summed E-state index contributed by atoms with van der Waals surface area (Å²) in [6, 6.07) is 19.6. The van der Waals surface area contributed by atoms with Crippen LogP contribution in [0.25, 0.3) is 21.5 Å². The molecule has 4 aromatic carbocycles. The molecular formula is C21H14Na2O6S2. The van der Waals surface area contributed by atoms with E-state index in [0.29, 0.717) is 17.2 Å². The van der Waals surface area contributed by atoms with Gasteiger partial charge in [0, 0.05) is 0 Å². The van der Waals surface area contributed by atoms with Gasteiger partial charge in [0.2, 0.25) is 0 Å². The maximum atomic E-state index is 11.2. The Balaban J connectivity index is 0.00000171. The van der Waals surface area contributed by atoms with Crippen LogP contribution in [0.4, 0.5) is 0 Å². The average Bonchev–Trinajstić information content (AvgIpc) is 2.65. The fourth-order valence-electron chi connectivity index (χ4n) is 3.31. The van der Waals surface area contributed by atoms with E-state index in [1.54, 1.807) is 24.3 Å². The van der Waals surface area contributed by atoms with Crippen molar-refractivity contribution in [3.8, 4) is 0 Å². The Hall–Kier alpha value is -0.780. The van der Waals surface area contributed by atoms with Gasteiger partial charge in [0.05, 0.1) is 9.79 Å². The van der Waals surface area contributed by atoms with Crippen molar-refractivity contribution in [1.29, 1.82) is 0 Å². The zero-order chi connectivity index (χ0) is 20.8. The van der Waals surface area contributed by atoms with Crippen molar-refractivity contribution >= 4 is 41.8 Å². The van der Waals surface area contributed by atoms with Gasteiger partial charge in [-0.3, -0.25) is 0 Å². The first-order valence-corrected chi connectivity index (χ1v) is 11.4. The Bertz CT molecular complexity index is 1370. The summed E-state index contributed by atoms with van der Waals surface area (Å²) in [5.74, 6) is 0. The van der Waals surface area contributed by atoms with Crippen LogP contribution >= 0.6 is 0 Å². The van der Waals surface area contributed by atoms with E-state index in [-0.39, 0.29) is 68.9 Å². The van der Waals surface area contributed by atoms with Crippen molar-refractivity contribution in [2.75, 3.05) is 0 Å². The summed E-state index contributed by atoms with van der Waals surface area (Å²) in [6.07, 6.45) is 0.606. The van der Waals surface area contributed by atoms with Crippen molar-refractivity contribution in [3.63, 3.8) is 0 Å². The summed E-state index contributed by atoms with van der Waals surface area (Å²) in [5, 5.41) is 2.97. The van der Waals surface area contributed by atoms with Crippen LogP contribution in [0.15, 0.2) is 82.6 Å². The zero-order valence-electron chi connectivity index (χ0n) is 16.9. The molecule has 0 aliphatic heterocycles. The minimum atomic E-state index is -4.49. The summed E-state index contributed by atoms with van der Waals surface area (Å²) < 4.78 is 67.0. The molecule has 0 bridgehead atoms. The summed E-state index contributed by atoms with van der Waals surface area (Å²) in [5.41, 5.74) is 1.99. The van der Waals surface area contributed by atoms with E-state index in [2.05, 4.69) is 0 Å². The molecule has 0 heterocycles. The molecule has 0 amide bonds. The smallest absolute Gasteiger partial charge is 0.744 e. The third kappa shape index (κ3) is 6.17. The van der Waals surface area contributed by atoms with Crippen molar-refractivity contribution in [2.24, 2.45) is 0 Å². The Morgan fingerprint density at radius 3 is 1.19 bits per heavy atom. The van der Waals surface area contributed by atoms with Crippen molar-refractivity contribution in [1.82, 2.24) is 0 Å². The Kier molecular flexibility index (Phi) is 8.55. The number of fused-ring (bicyclic) bond motifs is 2. The molecule has 0 aliphatic rings. The van der Waals surface area contributed by atoms with Gasteiger partial charge in [0.1, 0.15) is 20.2 Å². The number of hydrogen-bond acceptors (Lipinski definition) is 6. The standard InChI is InChI=1S/C21H16O6S2.2Na/c22-28(23,24)20-7-5-16-10-14(1-3-18(16)12-20)9-15-2-4-19-13-21(29(25,26)27)8-6-17(19)11-15;;/h1-8,10-13H,9H2,(H,22,23,24)(H,25,26,27);;/q;2*+1/p-2. The molecule has 0 atom stereocenters. The molecule has 0 unspecified atom stereocenters. The first-order chi connectivity index (χ1) is 13.6. The molecule has 6 nitrogen and oxygen atoms in total. The monoisotopic (exact) mass is 472 g/mol. The molecule has 31 heavy (non-hydrogen) atoms. The molecule has 4 aromatic rings. The van der Waals surface area contributed by atoms with E-state index in [1.807, 2.05) is 24.3 Å². The van der Waals surface area contributed by atoms with Crippen molar-refractivity contribution in [3.05, 3.63) is 83.9 Å². The third-order valence-corrected chi connectivity index (χ3v) is 6.40. The van der Waals surface area contributed by atoms with E-state index in [1.165, 1.54) is 24.3 Å². The van der Waals surface area contributed by atoms with E-state index in [9.17, 15) is 25.9 Å². The third-order valence-electron chi connectivity index (χ3n) is 4.74.